The summed E-state index contributed by atoms with van der Waals surface area (Å²) in [5, 5.41) is 0.539. The van der Waals surface area contributed by atoms with Gasteiger partial charge >= 0.3 is 0 Å². The van der Waals surface area contributed by atoms with Crippen molar-refractivity contribution in [2.75, 3.05) is 0 Å². The second-order valence-corrected chi connectivity index (χ2v) is 5.26. The molecule has 2 aliphatic carbocycles. The Bertz CT molecular complexity index is 697. The lowest BCUT2D eigenvalue weighted by molar-refractivity contribution is -0.121. The fraction of sp³-hybridized carbons (Fsp3) is 0.400. The first-order valence-electron chi connectivity index (χ1n) is 7.54. The maximum atomic E-state index is 11.8. The molecule has 2 N–H and O–H groups in total. The average molecular weight is 265 g/mol. The highest BCUT2D eigenvalue weighted by molar-refractivity contribution is 6.31. The number of carbonyl (C=O) groups is 1. The molecule has 0 saturated heterocycles. The molecule has 1 aromatic carbocycles. The van der Waals surface area contributed by atoms with Crippen molar-refractivity contribution in [3.05, 3.63) is 39.4 Å². The van der Waals surface area contributed by atoms with E-state index < -0.39 is 18.2 Å². The summed E-state index contributed by atoms with van der Waals surface area (Å²) in [6.45, 7) is 1.80. The maximum Gasteiger partial charge on any atom is 0.224 e. The molecule has 1 unspecified atom stereocenters. The van der Waals surface area contributed by atoms with Crippen LogP contribution in [0.5, 0.6) is 0 Å². The van der Waals surface area contributed by atoms with Crippen molar-refractivity contribution in [1.82, 2.24) is 0 Å². The summed E-state index contributed by atoms with van der Waals surface area (Å²) < 4.78 is 24.4. The van der Waals surface area contributed by atoms with Gasteiger partial charge in [0.05, 0.1) is 7.29 Å². The number of benzene rings is 1. The number of hydrogen-bond donors (Lipinski definition) is 1. The van der Waals surface area contributed by atoms with Crippen LogP contribution >= 0.6 is 11.6 Å². The normalized spacial score (nSPS) is 27.0. The minimum Gasteiger partial charge on any atom is -0.369 e. The molecule has 1 aromatic rings. The van der Waals surface area contributed by atoms with Crippen molar-refractivity contribution >= 4 is 23.1 Å². The Morgan fingerprint density at radius 2 is 2.44 bits per heavy atom. The van der Waals surface area contributed by atoms with Gasteiger partial charge in [-0.05, 0) is 66.5 Å². The lowest BCUT2D eigenvalue weighted by Crippen LogP contribution is -2.27. The van der Waals surface area contributed by atoms with Gasteiger partial charge in [0.15, 0.2) is 0 Å². The van der Waals surface area contributed by atoms with Gasteiger partial charge in [0.1, 0.15) is 0 Å². The van der Waals surface area contributed by atoms with Crippen LogP contribution in [0.4, 0.5) is 0 Å². The third-order valence-corrected chi connectivity index (χ3v) is 4.12. The zero-order chi connectivity index (χ0) is 15.5. The zero-order valence-corrected chi connectivity index (χ0v) is 10.9. The number of nitrogens with two attached hydrogens (primary N) is 1. The Morgan fingerprint density at radius 1 is 1.67 bits per heavy atom. The van der Waals surface area contributed by atoms with E-state index in [4.69, 9.17) is 21.4 Å². The van der Waals surface area contributed by atoms with Crippen molar-refractivity contribution in [2.45, 2.75) is 32.6 Å². The molecule has 0 aliphatic heterocycles. The van der Waals surface area contributed by atoms with Gasteiger partial charge < -0.3 is 5.73 Å². The van der Waals surface area contributed by atoms with Gasteiger partial charge in [0.25, 0.3) is 0 Å². The van der Waals surface area contributed by atoms with Crippen LogP contribution in [0.25, 0.3) is 5.57 Å². The van der Waals surface area contributed by atoms with E-state index in [-0.39, 0.29) is 6.42 Å². The van der Waals surface area contributed by atoms with Crippen molar-refractivity contribution < 1.29 is 8.91 Å². The molecule has 0 fully saturated rings. The summed E-state index contributed by atoms with van der Waals surface area (Å²) >= 11 is 6.18. The third kappa shape index (κ3) is 1.67. The average Bonchev–Trinajstić information content (AvgIpc) is 2.72. The van der Waals surface area contributed by atoms with E-state index in [1.165, 1.54) is 0 Å². The highest BCUT2D eigenvalue weighted by atomic mass is 35.5. The molecule has 2 aliphatic rings. The number of hydrogen-bond acceptors (Lipinski definition) is 1. The fourth-order valence-electron chi connectivity index (χ4n) is 2.86. The molecule has 94 valence electrons. The van der Waals surface area contributed by atoms with Crippen molar-refractivity contribution in [2.24, 2.45) is 11.7 Å². The van der Waals surface area contributed by atoms with Crippen LogP contribution in [0.1, 0.15) is 40.0 Å². The monoisotopic (exact) mass is 264 g/mol. The molecule has 1 amide bonds. The molecule has 18 heavy (non-hydrogen) atoms. The van der Waals surface area contributed by atoms with Crippen LogP contribution in [0, 0.1) is 12.8 Å². The summed E-state index contributed by atoms with van der Waals surface area (Å²) in [6, 6.07) is 2.22. The molecular formula is C15H16ClNO. The lowest BCUT2D eigenvalue weighted by atomic mass is 9.82. The van der Waals surface area contributed by atoms with Crippen LogP contribution in [0.3, 0.4) is 0 Å². The van der Waals surface area contributed by atoms with E-state index in [9.17, 15) is 4.79 Å². The van der Waals surface area contributed by atoms with Crippen LogP contribution in [-0.4, -0.2) is 5.91 Å². The van der Waals surface area contributed by atoms with Gasteiger partial charge in [0, 0.05) is 7.76 Å². The Kier molecular flexibility index (Phi) is 2.01. The Labute approximate surface area is 116 Å². The van der Waals surface area contributed by atoms with Crippen LogP contribution in [-0.2, 0) is 11.2 Å². The molecule has 0 aromatic heterocycles. The molecule has 3 rings (SSSR count). The van der Waals surface area contributed by atoms with Gasteiger partial charge in [0.2, 0.25) is 5.91 Å². The first-order chi connectivity index (χ1) is 9.74. The smallest absolute Gasteiger partial charge is 0.224 e. The van der Waals surface area contributed by atoms with E-state index in [0.717, 1.165) is 22.3 Å². The summed E-state index contributed by atoms with van der Waals surface area (Å²) in [4.78, 5) is 11.8. The Morgan fingerprint density at radius 3 is 3.17 bits per heavy atom. The second-order valence-electron chi connectivity index (χ2n) is 4.85. The maximum absolute atomic E-state index is 11.8. The van der Waals surface area contributed by atoms with Gasteiger partial charge in [-0.1, -0.05) is 17.6 Å². The number of fused-ring (bicyclic) bond motifs is 2. The van der Waals surface area contributed by atoms with E-state index in [1.54, 1.807) is 6.92 Å². The molecule has 2 nitrogen and oxygen atoms in total. The summed E-state index contributed by atoms with van der Waals surface area (Å²) in [6.07, 6.45) is -0.377. The van der Waals surface area contributed by atoms with Gasteiger partial charge in [-0.3, -0.25) is 4.79 Å². The van der Waals surface area contributed by atoms with Crippen LogP contribution in [0.15, 0.2) is 17.7 Å². The predicted molar refractivity (Wildman–Crippen MR) is 73.3 cm³/mol. The topological polar surface area (TPSA) is 43.1 Å². The van der Waals surface area contributed by atoms with Crippen molar-refractivity contribution in [3.8, 4) is 0 Å². The van der Waals surface area contributed by atoms with E-state index in [0.29, 0.717) is 29.5 Å². The first-order valence-corrected chi connectivity index (χ1v) is 6.42. The molecule has 0 saturated carbocycles. The van der Waals surface area contributed by atoms with Gasteiger partial charge in [-0.15, -0.1) is 0 Å². The zero-order valence-electron chi connectivity index (χ0n) is 13.1. The molecule has 0 spiro atoms. The van der Waals surface area contributed by atoms with Gasteiger partial charge in [-0.2, -0.15) is 0 Å². The minimum atomic E-state index is -1.62. The first kappa shape index (κ1) is 8.76. The number of carbonyl (C=O) groups excluding carboxylic acids is 1. The van der Waals surface area contributed by atoms with Crippen molar-refractivity contribution in [3.63, 3.8) is 0 Å². The van der Waals surface area contributed by atoms with E-state index in [1.807, 2.05) is 6.07 Å². The molecule has 1 atom stereocenters. The van der Waals surface area contributed by atoms with E-state index >= 15 is 0 Å². The van der Waals surface area contributed by atoms with Crippen LogP contribution in [0.2, 0.25) is 5.02 Å². The lowest BCUT2D eigenvalue weighted by Gasteiger charge is -2.22. The largest absolute Gasteiger partial charge is 0.369 e. The number of amides is 1. The quantitative estimate of drug-likeness (QED) is 0.831. The SMILES string of the molecule is [2H]c1c(C)c(Cl)cc2c1CC1=C2CCC([2H])([2H])C1C(N)=O. The van der Waals surface area contributed by atoms with Crippen molar-refractivity contribution in [1.29, 1.82) is 0 Å². The Hall–Kier alpha value is -1.28. The third-order valence-electron chi connectivity index (χ3n) is 3.73. The highest BCUT2D eigenvalue weighted by Gasteiger charge is 2.33. The molecule has 0 radical (unpaired) electrons. The summed E-state index contributed by atoms with van der Waals surface area (Å²) in [7, 11) is 0. The predicted octanol–water partition coefficient (Wildman–Crippen LogP) is 3.24. The minimum absolute atomic E-state index is 0.262. The molecule has 3 heteroatoms. The van der Waals surface area contributed by atoms with Crippen LogP contribution < -0.4 is 5.73 Å². The molecule has 0 heterocycles. The highest BCUT2D eigenvalue weighted by Crippen LogP contribution is 2.45. The molecule has 0 bridgehead atoms. The number of allylic oxidation sites excluding steroid dienone is 1. The second kappa shape index (κ2) is 4.13. The Balaban J connectivity index is 2.18. The fourth-order valence-corrected chi connectivity index (χ4v) is 3.02. The molecular weight excluding hydrogens is 246 g/mol. The summed E-state index contributed by atoms with van der Waals surface area (Å²) in [5.41, 5.74) is 9.59. The summed E-state index contributed by atoms with van der Waals surface area (Å²) in [5.74, 6) is -1.54. The number of halogens is 1. The van der Waals surface area contributed by atoms with E-state index in [2.05, 4.69) is 0 Å². The van der Waals surface area contributed by atoms with Gasteiger partial charge in [-0.25, -0.2) is 0 Å². The number of rotatable bonds is 1. The number of primary amides is 1. The standard InChI is InChI=1S/C15H16ClNO/c1-8-5-9-6-13-10(12(9)7-14(8)16)3-2-4-11(13)15(17)18/h5,7,11H,2-4,6H2,1H3,(H2,17,18)/i4D2,5D.